The van der Waals surface area contributed by atoms with Crippen LogP contribution in [0.5, 0.6) is 0 Å². The molecule has 0 bridgehead atoms. The number of carbonyl (C=O) groups excluding carboxylic acids is 1. The molecule has 0 fully saturated rings. The van der Waals surface area contributed by atoms with Crippen LogP contribution in [0.2, 0.25) is 0 Å². The third-order valence-corrected chi connectivity index (χ3v) is 3.24. The molecule has 2 amide bonds. The zero-order valence-electron chi connectivity index (χ0n) is 12.3. The maximum absolute atomic E-state index is 11.8. The lowest BCUT2D eigenvalue weighted by Crippen LogP contribution is -2.43. The number of carbonyl (C=O) groups is 1. The maximum atomic E-state index is 11.8. The molecule has 5 heteroatoms. The van der Waals surface area contributed by atoms with E-state index in [0.29, 0.717) is 23.8 Å². The summed E-state index contributed by atoms with van der Waals surface area (Å²) in [6.07, 6.45) is 0. The quantitative estimate of drug-likeness (QED) is 0.837. The lowest BCUT2D eigenvalue weighted by atomic mass is 10.2. The highest BCUT2D eigenvalue weighted by atomic mass is 16.2. The monoisotopic (exact) mass is 274 g/mol. The molecule has 0 radical (unpaired) electrons. The largest absolute Gasteiger partial charge is 0.336 e. The van der Waals surface area contributed by atoms with Crippen LogP contribution in [-0.2, 0) is 0 Å². The fourth-order valence-corrected chi connectivity index (χ4v) is 2.06. The molecule has 2 N–H and O–H groups in total. The number of urea groups is 1. The molecule has 0 spiro atoms. The Morgan fingerprint density at radius 2 is 2.10 bits per heavy atom. The Labute approximate surface area is 120 Å². The molecule has 0 saturated carbocycles. The lowest BCUT2D eigenvalue weighted by molar-refractivity contribution is 0.220. The van der Waals surface area contributed by atoms with Gasteiger partial charge in [-0.3, -0.25) is 4.90 Å². The highest BCUT2D eigenvalue weighted by Gasteiger charge is 2.11. The number of nitriles is 1. The van der Waals surface area contributed by atoms with Crippen LogP contribution in [0.3, 0.4) is 0 Å². The number of rotatable bonds is 6. The molecule has 0 aliphatic carbocycles. The van der Waals surface area contributed by atoms with Gasteiger partial charge in [0.25, 0.3) is 0 Å². The van der Waals surface area contributed by atoms with E-state index in [1.165, 1.54) is 0 Å². The summed E-state index contributed by atoms with van der Waals surface area (Å²) in [5.74, 6) is 0. The minimum absolute atomic E-state index is 0.251. The van der Waals surface area contributed by atoms with Crippen LogP contribution in [-0.4, -0.2) is 36.6 Å². The first-order chi connectivity index (χ1) is 9.60. The van der Waals surface area contributed by atoms with Gasteiger partial charge in [0, 0.05) is 18.3 Å². The second-order valence-corrected chi connectivity index (χ2v) is 4.60. The van der Waals surface area contributed by atoms with Gasteiger partial charge in [0.15, 0.2) is 0 Å². The Morgan fingerprint density at radius 3 is 2.70 bits per heavy atom. The fraction of sp³-hybridized carbons (Fsp3) is 0.467. The summed E-state index contributed by atoms with van der Waals surface area (Å²) >= 11 is 0. The van der Waals surface area contributed by atoms with Gasteiger partial charge < -0.3 is 10.6 Å². The van der Waals surface area contributed by atoms with Gasteiger partial charge in [-0.05, 0) is 38.2 Å². The van der Waals surface area contributed by atoms with Crippen LogP contribution < -0.4 is 10.6 Å². The van der Waals surface area contributed by atoms with Crippen molar-refractivity contribution in [1.82, 2.24) is 10.2 Å². The smallest absolute Gasteiger partial charge is 0.319 e. The standard InChI is InChI=1S/C15H22N4O/c1-4-19(5-2)12(3)11-17-15(20)18-14-8-6-7-13(9-14)10-16/h6-9,12H,4-5,11H2,1-3H3,(H2,17,18,20). The molecule has 1 aromatic carbocycles. The van der Waals surface area contributed by atoms with E-state index in [4.69, 9.17) is 5.26 Å². The van der Waals surface area contributed by atoms with Gasteiger partial charge in [-0.25, -0.2) is 4.79 Å². The normalized spacial score (nSPS) is 11.8. The first kappa shape index (κ1) is 16.0. The number of benzene rings is 1. The van der Waals surface area contributed by atoms with Crippen LogP contribution >= 0.6 is 0 Å². The highest BCUT2D eigenvalue weighted by molar-refractivity contribution is 5.89. The number of nitrogens with zero attached hydrogens (tertiary/aromatic N) is 2. The molecule has 1 rings (SSSR count). The highest BCUT2D eigenvalue weighted by Crippen LogP contribution is 2.09. The minimum Gasteiger partial charge on any atom is -0.336 e. The summed E-state index contributed by atoms with van der Waals surface area (Å²) in [7, 11) is 0. The Hall–Kier alpha value is -2.06. The molecule has 0 saturated heterocycles. The number of amides is 2. The molecule has 1 unspecified atom stereocenters. The molecule has 0 aliphatic rings. The van der Waals surface area contributed by atoms with E-state index in [1.54, 1.807) is 24.3 Å². The molecule has 1 atom stereocenters. The SMILES string of the molecule is CCN(CC)C(C)CNC(=O)Nc1cccc(C#N)c1. The summed E-state index contributed by atoms with van der Waals surface area (Å²) < 4.78 is 0. The van der Waals surface area contributed by atoms with Crippen LogP contribution in [0.25, 0.3) is 0 Å². The van der Waals surface area contributed by atoms with Crippen molar-refractivity contribution in [3.63, 3.8) is 0 Å². The number of likely N-dealkylation sites (N-methyl/N-ethyl adjacent to an activating group) is 1. The second-order valence-electron chi connectivity index (χ2n) is 4.60. The van der Waals surface area contributed by atoms with E-state index in [0.717, 1.165) is 13.1 Å². The van der Waals surface area contributed by atoms with Gasteiger partial charge >= 0.3 is 6.03 Å². The molecule has 0 aromatic heterocycles. The van der Waals surface area contributed by atoms with Gasteiger partial charge in [0.2, 0.25) is 0 Å². The minimum atomic E-state index is -0.251. The van der Waals surface area contributed by atoms with Crippen LogP contribution in [0.15, 0.2) is 24.3 Å². The number of hydrogen-bond donors (Lipinski definition) is 2. The second kappa shape index (κ2) is 8.18. The molecular formula is C15H22N4O. The predicted octanol–water partition coefficient (Wildman–Crippen LogP) is 2.41. The Morgan fingerprint density at radius 1 is 1.40 bits per heavy atom. The van der Waals surface area contributed by atoms with Gasteiger partial charge in [0.05, 0.1) is 11.6 Å². The van der Waals surface area contributed by atoms with E-state index >= 15 is 0 Å². The first-order valence-corrected chi connectivity index (χ1v) is 6.89. The third kappa shape index (κ3) is 4.90. The van der Waals surface area contributed by atoms with Crippen molar-refractivity contribution in [3.05, 3.63) is 29.8 Å². The number of anilines is 1. The van der Waals surface area contributed by atoms with Crippen molar-refractivity contribution >= 4 is 11.7 Å². The van der Waals surface area contributed by atoms with Gasteiger partial charge in [0.1, 0.15) is 0 Å². The molecule has 0 aliphatic heterocycles. The van der Waals surface area contributed by atoms with Crippen LogP contribution in [0.4, 0.5) is 10.5 Å². The van der Waals surface area contributed by atoms with Crippen molar-refractivity contribution in [2.75, 3.05) is 25.0 Å². The van der Waals surface area contributed by atoms with Crippen molar-refractivity contribution in [2.24, 2.45) is 0 Å². The molecule has 108 valence electrons. The van der Waals surface area contributed by atoms with Gasteiger partial charge in [-0.2, -0.15) is 5.26 Å². The maximum Gasteiger partial charge on any atom is 0.319 e. The predicted molar refractivity (Wildman–Crippen MR) is 80.6 cm³/mol. The van der Waals surface area contributed by atoms with Crippen LogP contribution in [0, 0.1) is 11.3 Å². The summed E-state index contributed by atoms with van der Waals surface area (Å²) in [4.78, 5) is 14.1. The zero-order valence-corrected chi connectivity index (χ0v) is 12.3. The zero-order chi connectivity index (χ0) is 15.0. The molecule has 5 nitrogen and oxygen atoms in total. The van der Waals surface area contributed by atoms with Gasteiger partial charge in [-0.15, -0.1) is 0 Å². The summed E-state index contributed by atoms with van der Waals surface area (Å²) in [6, 6.07) is 8.93. The molecule has 20 heavy (non-hydrogen) atoms. The average Bonchev–Trinajstić information content (AvgIpc) is 2.46. The number of nitrogens with one attached hydrogen (secondary N) is 2. The van der Waals surface area contributed by atoms with E-state index in [1.807, 2.05) is 6.07 Å². The van der Waals surface area contributed by atoms with Gasteiger partial charge in [-0.1, -0.05) is 19.9 Å². The molecular weight excluding hydrogens is 252 g/mol. The Balaban J connectivity index is 2.46. The Kier molecular flexibility index (Phi) is 6.54. The summed E-state index contributed by atoms with van der Waals surface area (Å²) in [5.41, 5.74) is 1.15. The third-order valence-electron chi connectivity index (χ3n) is 3.24. The Bertz CT molecular complexity index is 477. The van der Waals surface area contributed by atoms with E-state index in [-0.39, 0.29) is 6.03 Å². The van der Waals surface area contributed by atoms with Crippen molar-refractivity contribution in [3.8, 4) is 6.07 Å². The fourth-order valence-electron chi connectivity index (χ4n) is 2.06. The number of hydrogen-bond acceptors (Lipinski definition) is 3. The van der Waals surface area contributed by atoms with Crippen LogP contribution in [0.1, 0.15) is 26.3 Å². The average molecular weight is 274 g/mol. The van der Waals surface area contributed by atoms with E-state index in [2.05, 4.69) is 36.3 Å². The lowest BCUT2D eigenvalue weighted by Gasteiger charge is -2.26. The topological polar surface area (TPSA) is 68.2 Å². The molecule has 1 aromatic rings. The van der Waals surface area contributed by atoms with Crippen molar-refractivity contribution < 1.29 is 4.79 Å². The summed E-state index contributed by atoms with van der Waals surface area (Å²) in [6.45, 7) is 8.81. The van der Waals surface area contributed by atoms with E-state index in [9.17, 15) is 4.79 Å². The van der Waals surface area contributed by atoms with E-state index < -0.39 is 0 Å². The van der Waals surface area contributed by atoms with Crippen molar-refractivity contribution in [1.29, 1.82) is 5.26 Å². The summed E-state index contributed by atoms with van der Waals surface area (Å²) in [5, 5.41) is 14.4. The molecule has 0 heterocycles. The first-order valence-electron chi connectivity index (χ1n) is 6.89. The van der Waals surface area contributed by atoms with Crippen molar-refractivity contribution in [2.45, 2.75) is 26.8 Å².